The van der Waals surface area contributed by atoms with Gasteiger partial charge in [0, 0.05) is 0 Å². The fourth-order valence-corrected chi connectivity index (χ4v) is 1.96. The van der Waals surface area contributed by atoms with Crippen molar-refractivity contribution in [1.82, 2.24) is 5.32 Å². The van der Waals surface area contributed by atoms with Crippen LogP contribution in [-0.2, 0) is 5.41 Å². The van der Waals surface area contributed by atoms with Gasteiger partial charge >= 0.3 is 0 Å². The van der Waals surface area contributed by atoms with Gasteiger partial charge in [0.1, 0.15) is 5.82 Å². The predicted octanol–water partition coefficient (Wildman–Crippen LogP) is 3.02. The largest absolute Gasteiger partial charge is 0.320 e. The lowest BCUT2D eigenvalue weighted by Gasteiger charge is -2.27. The summed E-state index contributed by atoms with van der Waals surface area (Å²) < 4.78 is 13.0. The zero-order chi connectivity index (χ0) is 11.5. The van der Waals surface area contributed by atoms with E-state index >= 15 is 0 Å². The van der Waals surface area contributed by atoms with Crippen LogP contribution in [0.3, 0.4) is 0 Å². The van der Waals surface area contributed by atoms with Crippen LogP contribution < -0.4 is 5.32 Å². The molecule has 15 heavy (non-hydrogen) atoms. The van der Waals surface area contributed by atoms with Gasteiger partial charge in [-0.1, -0.05) is 19.9 Å². The smallest absolute Gasteiger partial charge is 0.123 e. The second kappa shape index (κ2) is 4.75. The first-order valence-electron chi connectivity index (χ1n) is 5.38. The minimum atomic E-state index is -0.152. The van der Waals surface area contributed by atoms with Crippen LogP contribution in [0.15, 0.2) is 18.2 Å². The van der Waals surface area contributed by atoms with E-state index in [2.05, 4.69) is 19.2 Å². The summed E-state index contributed by atoms with van der Waals surface area (Å²) >= 11 is 0. The Labute approximate surface area is 91.7 Å². The molecule has 0 atom stereocenters. The van der Waals surface area contributed by atoms with E-state index in [1.807, 2.05) is 20.0 Å². The van der Waals surface area contributed by atoms with Crippen molar-refractivity contribution in [3.8, 4) is 0 Å². The van der Waals surface area contributed by atoms with E-state index in [0.717, 1.165) is 18.5 Å². The first kappa shape index (κ1) is 12.2. The molecule has 1 aromatic carbocycles. The Bertz CT molecular complexity index is 331. The van der Waals surface area contributed by atoms with Crippen LogP contribution in [0.25, 0.3) is 0 Å². The summed E-state index contributed by atoms with van der Waals surface area (Å²) in [6.07, 6.45) is 1.05. The average Bonchev–Trinajstić information content (AvgIpc) is 2.14. The molecule has 1 rings (SSSR count). The maximum atomic E-state index is 13.0. The number of nitrogens with one attached hydrogen (secondary N) is 1. The summed E-state index contributed by atoms with van der Waals surface area (Å²) in [4.78, 5) is 0. The Balaban J connectivity index is 2.93. The van der Waals surface area contributed by atoms with Crippen molar-refractivity contribution in [3.05, 3.63) is 35.1 Å². The summed E-state index contributed by atoms with van der Waals surface area (Å²) in [6.45, 7) is 7.35. The predicted molar refractivity (Wildman–Crippen MR) is 62.7 cm³/mol. The molecule has 1 nitrogen and oxygen atoms in total. The molecule has 84 valence electrons. The number of hydrogen-bond acceptors (Lipinski definition) is 1. The van der Waals surface area contributed by atoms with Crippen LogP contribution in [-0.4, -0.2) is 13.6 Å². The molecule has 0 aromatic heterocycles. The molecular weight excluding hydrogens is 189 g/mol. The first-order chi connectivity index (χ1) is 6.97. The number of benzene rings is 1. The lowest BCUT2D eigenvalue weighted by Crippen LogP contribution is -2.24. The highest BCUT2D eigenvalue weighted by Crippen LogP contribution is 2.29. The van der Waals surface area contributed by atoms with Crippen molar-refractivity contribution in [1.29, 1.82) is 0 Å². The molecule has 0 aliphatic rings. The number of rotatable bonds is 4. The minimum absolute atomic E-state index is 0.0980. The quantitative estimate of drug-likeness (QED) is 0.803. The SMILES string of the molecule is CNCCC(C)(C)c1ccc(F)cc1C. The molecule has 1 aromatic rings. The number of aryl methyl sites for hydroxylation is 1. The van der Waals surface area contributed by atoms with Crippen molar-refractivity contribution < 1.29 is 4.39 Å². The molecule has 0 amide bonds. The van der Waals surface area contributed by atoms with Gasteiger partial charge in [-0.15, -0.1) is 0 Å². The second-order valence-corrected chi connectivity index (χ2v) is 4.70. The monoisotopic (exact) mass is 209 g/mol. The summed E-state index contributed by atoms with van der Waals surface area (Å²) in [6, 6.07) is 5.06. The zero-order valence-corrected chi connectivity index (χ0v) is 10.0. The lowest BCUT2D eigenvalue weighted by atomic mass is 9.79. The standard InChI is InChI=1S/C13H20FN/c1-10-9-11(14)5-6-12(10)13(2,3)7-8-15-4/h5-6,9,15H,7-8H2,1-4H3. The van der Waals surface area contributed by atoms with Crippen molar-refractivity contribution >= 4 is 0 Å². The molecule has 2 heteroatoms. The third-order valence-electron chi connectivity index (χ3n) is 2.92. The van der Waals surface area contributed by atoms with Crippen LogP contribution in [0.2, 0.25) is 0 Å². The van der Waals surface area contributed by atoms with Gasteiger partial charge in [-0.25, -0.2) is 4.39 Å². The van der Waals surface area contributed by atoms with E-state index in [1.54, 1.807) is 12.1 Å². The Morgan fingerprint density at radius 3 is 2.53 bits per heavy atom. The molecule has 0 bridgehead atoms. The van der Waals surface area contributed by atoms with Gasteiger partial charge in [0.25, 0.3) is 0 Å². The zero-order valence-electron chi connectivity index (χ0n) is 10.0. The normalized spacial score (nSPS) is 11.8. The van der Waals surface area contributed by atoms with Gasteiger partial charge < -0.3 is 5.32 Å². The Morgan fingerprint density at radius 1 is 1.33 bits per heavy atom. The summed E-state index contributed by atoms with van der Waals surface area (Å²) in [5.74, 6) is -0.152. The number of halogens is 1. The molecule has 0 aliphatic heterocycles. The van der Waals surface area contributed by atoms with E-state index in [-0.39, 0.29) is 11.2 Å². The third kappa shape index (κ3) is 3.03. The van der Waals surface area contributed by atoms with Gasteiger partial charge in [0.05, 0.1) is 0 Å². The maximum absolute atomic E-state index is 13.0. The molecule has 0 saturated carbocycles. The summed E-state index contributed by atoms with van der Waals surface area (Å²) in [5, 5.41) is 3.15. The lowest BCUT2D eigenvalue weighted by molar-refractivity contribution is 0.465. The van der Waals surface area contributed by atoms with Crippen molar-refractivity contribution in [3.63, 3.8) is 0 Å². The topological polar surface area (TPSA) is 12.0 Å². The molecule has 0 fully saturated rings. The Morgan fingerprint density at radius 2 is 2.00 bits per heavy atom. The molecule has 0 radical (unpaired) electrons. The van der Waals surface area contributed by atoms with Crippen LogP contribution in [0.4, 0.5) is 4.39 Å². The van der Waals surface area contributed by atoms with Crippen molar-refractivity contribution in [2.75, 3.05) is 13.6 Å². The van der Waals surface area contributed by atoms with Crippen LogP contribution >= 0.6 is 0 Å². The van der Waals surface area contributed by atoms with Gasteiger partial charge in [-0.2, -0.15) is 0 Å². The van der Waals surface area contributed by atoms with Gasteiger partial charge in [0.2, 0.25) is 0 Å². The van der Waals surface area contributed by atoms with Crippen LogP contribution in [0.1, 0.15) is 31.4 Å². The Kier molecular flexibility index (Phi) is 3.86. The molecule has 0 aliphatic carbocycles. The molecule has 0 saturated heterocycles. The molecule has 1 N–H and O–H groups in total. The molecule has 0 heterocycles. The second-order valence-electron chi connectivity index (χ2n) is 4.70. The van der Waals surface area contributed by atoms with E-state index in [1.165, 1.54) is 5.56 Å². The third-order valence-corrected chi connectivity index (χ3v) is 2.92. The minimum Gasteiger partial charge on any atom is -0.320 e. The highest BCUT2D eigenvalue weighted by atomic mass is 19.1. The van der Waals surface area contributed by atoms with E-state index in [0.29, 0.717) is 0 Å². The fraction of sp³-hybridized carbons (Fsp3) is 0.538. The molecular formula is C13H20FN. The van der Waals surface area contributed by atoms with Gasteiger partial charge in [-0.05, 0) is 55.6 Å². The van der Waals surface area contributed by atoms with Crippen molar-refractivity contribution in [2.45, 2.75) is 32.6 Å². The van der Waals surface area contributed by atoms with Crippen LogP contribution in [0, 0.1) is 12.7 Å². The van der Waals surface area contributed by atoms with Gasteiger partial charge in [0.15, 0.2) is 0 Å². The van der Waals surface area contributed by atoms with E-state index in [9.17, 15) is 4.39 Å². The first-order valence-corrected chi connectivity index (χ1v) is 5.38. The number of hydrogen-bond donors (Lipinski definition) is 1. The average molecular weight is 209 g/mol. The highest BCUT2D eigenvalue weighted by molar-refractivity contribution is 5.32. The fourth-order valence-electron chi connectivity index (χ4n) is 1.96. The summed E-state index contributed by atoms with van der Waals surface area (Å²) in [7, 11) is 1.95. The van der Waals surface area contributed by atoms with Gasteiger partial charge in [-0.3, -0.25) is 0 Å². The Hall–Kier alpha value is -0.890. The van der Waals surface area contributed by atoms with Crippen molar-refractivity contribution in [2.24, 2.45) is 0 Å². The summed E-state index contributed by atoms with van der Waals surface area (Å²) in [5.41, 5.74) is 2.37. The molecule has 0 spiro atoms. The van der Waals surface area contributed by atoms with Crippen LogP contribution in [0.5, 0.6) is 0 Å². The molecule has 0 unspecified atom stereocenters. The maximum Gasteiger partial charge on any atom is 0.123 e. The van der Waals surface area contributed by atoms with E-state index < -0.39 is 0 Å². The van der Waals surface area contributed by atoms with E-state index in [4.69, 9.17) is 0 Å². The highest BCUT2D eigenvalue weighted by Gasteiger charge is 2.21.